The lowest BCUT2D eigenvalue weighted by atomic mass is 9.73. The third-order valence-electron chi connectivity index (χ3n) is 4.09. The minimum Gasteiger partial charge on any atom is -0.312 e. The second-order valence-electron chi connectivity index (χ2n) is 5.15. The number of Topliss-reactive ketones (excluding diaryl/α,β-unsaturated/α-hetero) is 1. The van der Waals surface area contributed by atoms with Crippen LogP contribution in [0.1, 0.15) is 25.7 Å². The van der Waals surface area contributed by atoms with Crippen molar-refractivity contribution in [2.24, 2.45) is 0 Å². The largest absolute Gasteiger partial charge is 0.322 e. The molecule has 1 aliphatic carbocycles. The van der Waals surface area contributed by atoms with Crippen molar-refractivity contribution in [2.45, 2.75) is 31.2 Å². The van der Waals surface area contributed by atoms with E-state index in [-0.39, 0.29) is 11.8 Å². The summed E-state index contributed by atoms with van der Waals surface area (Å²) in [6.07, 6.45) is 3.10. The first-order chi connectivity index (χ1) is 9.12. The quantitative estimate of drug-likeness (QED) is 0.858. The molecule has 0 aromatic heterocycles. The van der Waals surface area contributed by atoms with E-state index >= 15 is 0 Å². The molecule has 3 rings (SSSR count). The van der Waals surface area contributed by atoms with E-state index in [1.807, 2.05) is 0 Å². The average Bonchev–Trinajstić information content (AvgIpc) is 2.84. The van der Waals surface area contributed by atoms with Gasteiger partial charge in [0.2, 0.25) is 0 Å². The molecule has 1 aliphatic heterocycles. The van der Waals surface area contributed by atoms with Crippen molar-refractivity contribution in [3.8, 4) is 0 Å². The van der Waals surface area contributed by atoms with Crippen LogP contribution >= 0.6 is 11.6 Å². The fourth-order valence-electron chi connectivity index (χ4n) is 3.00. The molecule has 1 heterocycles. The van der Waals surface area contributed by atoms with Gasteiger partial charge in [-0.2, -0.15) is 0 Å². The van der Waals surface area contributed by atoms with Crippen LogP contribution in [0.2, 0.25) is 5.02 Å². The van der Waals surface area contributed by atoms with Crippen LogP contribution in [-0.2, 0) is 4.79 Å². The predicted octanol–water partition coefficient (Wildman–Crippen LogP) is 3.07. The number of hydrogen-bond acceptors (Lipinski definition) is 2. The summed E-state index contributed by atoms with van der Waals surface area (Å²) in [5.74, 6) is 0.200. The van der Waals surface area contributed by atoms with Gasteiger partial charge in [0.05, 0.1) is 0 Å². The van der Waals surface area contributed by atoms with Gasteiger partial charge in [0.1, 0.15) is 5.54 Å². The van der Waals surface area contributed by atoms with E-state index in [0.29, 0.717) is 23.7 Å². The highest BCUT2D eigenvalue weighted by Crippen LogP contribution is 2.42. The Hall–Kier alpha value is -1.55. The number of anilines is 1. The molecule has 2 amide bonds. The summed E-state index contributed by atoms with van der Waals surface area (Å²) >= 11 is 5.89. The Balaban J connectivity index is 1.76. The van der Waals surface area contributed by atoms with E-state index in [4.69, 9.17) is 11.6 Å². The predicted molar refractivity (Wildman–Crippen MR) is 73.4 cm³/mol. The van der Waals surface area contributed by atoms with Gasteiger partial charge in [-0.25, -0.2) is 4.79 Å². The Morgan fingerprint density at radius 2 is 2.21 bits per heavy atom. The summed E-state index contributed by atoms with van der Waals surface area (Å²) in [6, 6.07) is 6.82. The zero-order valence-corrected chi connectivity index (χ0v) is 11.2. The van der Waals surface area contributed by atoms with Gasteiger partial charge in [0.25, 0.3) is 0 Å². The summed E-state index contributed by atoms with van der Waals surface area (Å²) in [7, 11) is 0. The molecule has 19 heavy (non-hydrogen) atoms. The molecule has 1 atom stereocenters. The topological polar surface area (TPSA) is 49.4 Å². The van der Waals surface area contributed by atoms with Gasteiger partial charge in [0, 0.05) is 23.7 Å². The van der Waals surface area contributed by atoms with Crippen molar-refractivity contribution in [1.29, 1.82) is 0 Å². The number of urea groups is 1. The fraction of sp³-hybridized carbons (Fsp3) is 0.429. The number of nitrogens with one attached hydrogen (secondary N) is 1. The maximum Gasteiger partial charge on any atom is 0.322 e. The molecular weight excluding hydrogens is 264 g/mol. The van der Waals surface area contributed by atoms with Crippen LogP contribution in [0.5, 0.6) is 0 Å². The first kappa shape index (κ1) is 12.5. The molecule has 2 aliphatic rings. The highest BCUT2D eigenvalue weighted by atomic mass is 35.5. The molecule has 5 heteroatoms. The van der Waals surface area contributed by atoms with Crippen LogP contribution in [0, 0.1) is 0 Å². The SMILES string of the molecule is O=C(Nc1cccc(Cl)c1)N1CCCC12CCC2=O. The molecular formula is C14H15ClN2O2. The van der Waals surface area contributed by atoms with Gasteiger partial charge in [0.15, 0.2) is 5.78 Å². The third-order valence-corrected chi connectivity index (χ3v) is 4.33. The standard InChI is InChI=1S/C14H15ClN2O2/c15-10-3-1-4-11(9-10)16-13(19)17-8-2-6-14(17)7-5-12(14)18/h1,3-4,9H,2,5-8H2,(H,16,19). The molecule has 1 aromatic rings. The second-order valence-corrected chi connectivity index (χ2v) is 5.59. The van der Waals surface area contributed by atoms with Gasteiger partial charge < -0.3 is 10.2 Å². The number of amides is 2. The van der Waals surface area contributed by atoms with E-state index in [1.165, 1.54) is 0 Å². The van der Waals surface area contributed by atoms with Crippen LogP contribution in [0.4, 0.5) is 10.5 Å². The van der Waals surface area contributed by atoms with E-state index < -0.39 is 5.54 Å². The fourth-order valence-corrected chi connectivity index (χ4v) is 3.19. The molecule has 0 bridgehead atoms. The van der Waals surface area contributed by atoms with Crippen LogP contribution in [0.3, 0.4) is 0 Å². The molecule has 2 fully saturated rings. The maximum atomic E-state index is 12.3. The summed E-state index contributed by atoms with van der Waals surface area (Å²) in [5.41, 5.74) is 0.147. The lowest BCUT2D eigenvalue weighted by Gasteiger charge is -2.43. The lowest BCUT2D eigenvalue weighted by molar-refractivity contribution is -0.136. The number of carbonyl (C=O) groups excluding carboxylic acids is 2. The van der Waals surface area contributed by atoms with E-state index in [1.54, 1.807) is 29.2 Å². The molecule has 100 valence electrons. The summed E-state index contributed by atoms with van der Waals surface area (Å²) in [6.45, 7) is 0.651. The van der Waals surface area contributed by atoms with E-state index in [0.717, 1.165) is 19.3 Å². The van der Waals surface area contributed by atoms with Gasteiger partial charge >= 0.3 is 6.03 Å². The Morgan fingerprint density at radius 3 is 2.84 bits per heavy atom. The number of rotatable bonds is 1. The van der Waals surface area contributed by atoms with Gasteiger partial charge in [-0.1, -0.05) is 17.7 Å². The van der Waals surface area contributed by atoms with Crippen molar-refractivity contribution in [1.82, 2.24) is 4.90 Å². The Kier molecular flexibility index (Phi) is 2.97. The lowest BCUT2D eigenvalue weighted by Crippen LogP contribution is -2.60. The van der Waals surface area contributed by atoms with Gasteiger partial charge in [-0.15, -0.1) is 0 Å². The van der Waals surface area contributed by atoms with Crippen LogP contribution in [-0.4, -0.2) is 28.8 Å². The van der Waals surface area contributed by atoms with Crippen molar-refractivity contribution >= 4 is 29.1 Å². The number of benzene rings is 1. The van der Waals surface area contributed by atoms with Crippen molar-refractivity contribution in [3.05, 3.63) is 29.3 Å². The highest BCUT2D eigenvalue weighted by Gasteiger charge is 2.54. The van der Waals surface area contributed by atoms with E-state index in [2.05, 4.69) is 5.32 Å². The Labute approximate surface area is 116 Å². The zero-order valence-electron chi connectivity index (χ0n) is 10.5. The van der Waals surface area contributed by atoms with Gasteiger partial charge in [-0.05, 0) is 37.5 Å². The van der Waals surface area contributed by atoms with Crippen LogP contribution in [0.25, 0.3) is 0 Å². The number of nitrogens with zero attached hydrogens (tertiary/aromatic N) is 1. The molecule has 1 saturated heterocycles. The molecule has 4 nitrogen and oxygen atoms in total. The van der Waals surface area contributed by atoms with Crippen molar-refractivity contribution in [2.75, 3.05) is 11.9 Å². The normalized spacial score (nSPS) is 25.5. The van der Waals surface area contributed by atoms with E-state index in [9.17, 15) is 9.59 Å². The smallest absolute Gasteiger partial charge is 0.312 e. The monoisotopic (exact) mass is 278 g/mol. The average molecular weight is 279 g/mol. The maximum absolute atomic E-state index is 12.3. The van der Waals surface area contributed by atoms with Crippen LogP contribution < -0.4 is 5.32 Å². The molecule has 0 radical (unpaired) electrons. The summed E-state index contributed by atoms with van der Waals surface area (Å²) in [4.78, 5) is 25.8. The van der Waals surface area contributed by atoms with Gasteiger partial charge in [-0.3, -0.25) is 4.79 Å². The van der Waals surface area contributed by atoms with Crippen molar-refractivity contribution < 1.29 is 9.59 Å². The molecule has 1 aromatic carbocycles. The molecule has 1 unspecified atom stereocenters. The molecule has 1 saturated carbocycles. The van der Waals surface area contributed by atoms with Crippen molar-refractivity contribution in [3.63, 3.8) is 0 Å². The minimum absolute atomic E-state index is 0.200. The number of halogens is 1. The highest BCUT2D eigenvalue weighted by molar-refractivity contribution is 6.30. The third kappa shape index (κ3) is 2.00. The minimum atomic E-state index is -0.511. The second kappa shape index (κ2) is 4.53. The summed E-state index contributed by atoms with van der Waals surface area (Å²) < 4.78 is 0. The molecule has 1 N–H and O–H groups in total. The summed E-state index contributed by atoms with van der Waals surface area (Å²) in [5, 5.41) is 3.40. The Morgan fingerprint density at radius 1 is 1.37 bits per heavy atom. The molecule has 1 spiro atoms. The first-order valence-corrected chi connectivity index (χ1v) is 6.87. The number of hydrogen-bond donors (Lipinski definition) is 1. The van der Waals surface area contributed by atoms with Crippen LogP contribution in [0.15, 0.2) is 24.3 Å². The Bertz CT molecular complexity index is 546. The zero-order chi connectivity index (χ0) is 13.5. The number of likely N-dealkylation sites (tertiary alicyclic amines) is 1. The first-order valence-electron chi connectivity index (χ1n) is 6.49. The number of ketones is 1. The number of carbonyl (C=O) groups is 2.